The first-order valence-corrected chi connectivity index (χ1v) is 20.9. The molecule has 0 fully saturated rings. The molecule has 0 aromatic rings. The zero-order chi connectivity index (χ0) is 35.0. The van der Waals surface area contributed by atoms with Crippen LogP contribution in [0.2, 0.25) is 0 Å². The van der Waals surface area contributed by atoms with Crippen LogP contribution >= 0.6 is 0 Å². The maximum atomic E-state index is 12.6. The van der Waals surface area contributed by atoms with Crippen LogP contribution in [0.5, 0.6) is 0 Å². The molecule has 0 aromatic heterocycles. The average Bonchev–Trinajstić information content (AvgIpc) is 3.08. The Balaban J connectivity index is 4.16. The van der Waals surface area contributed by atoms with Crippen molar-refractivity contribution in [3.8, 4) is 0 Å². The van der Waals surface area contributed by atoms with Gasteiger partial charge < -0.3 is 14.2 Å². The molecule has 5 nitrogen and oxygen atoms in total. The van der Waals surface area contributed by atoms with Gasteiger partial charge in [0.05, 0.1) is 6.61 Å². The molecule has 0 radical (unpaired) electrons. The number of carbonyl (C=O) groups excluding carboxylic acids is 2. The van der Waals surface area contributed by atoms with Crippen LogP contribution in [0.4, 0.5) is 0 Å². The van der Waals surface area contributed by atoms with Gasteiger partial charge in [0.1, 0.15) is 6.61 Å². The van der Waals surface area contributed by atoms with Gasteiger partial charge in [0.25, 0.3) is 0 Å². The first-order valence-electron chi connectivity index (χ1n) is 20.9. The van der Waals surface area contributed by atoms with E-state index in [1.807, 2.05) is 0 Å². The van der Waals surface area contributed by atoms with E-state index in [1.54, 1.807) is 0 Å². The molecule has 0 bridgehead atoms. The second kappa shape index (κ2) is 39.8. The number of rotatable bonds is 38. The lowest BCUT2D eigenvalue weighted by Gasteiger charge is -2.18. The van der Waals surface area contributed by atoms with Gasteiger partial charge in [-0.2, -0.15) is 0 Å². The van der Waals surface area contributed by atoms with Gasteiger partial charge in [0, 0.05) is 19.4 Å². The molecule has 0 aliphatic heterocycles. The van der Waals surface area contributed by atoms with Crippen molar-refractivity contribution in [2.75, 3.05) is 19.8 Å². The van der Waals surface area contributed by atoms with Crippen molar-refractivity contribution in [2.45, 2.75) is 219 Å². The summed E-state index contributed by atoms with van der Waals surface area (Å²) in [6, 6.07) is 0. The van der Waals surface area contributed by atoms with Gasteiger partial charge in [0.2, 0.25) is 0 Å². The summed E-state index contributed by atoms with van der Waals surface area (Å²) < 4.78 is 17.1. The lowest BCUT2D eigenvalue weighted by atomic mass is 10.1. The summed E-state index contributed by atoms with van der Waals surface area (Å²) in [6.45, 7) is 7.75. The predicted molar refractivity (Wildman–Crippen MR) is 205 cm³/mol. The molecule has 0 spiro atoms. The largest absolute Gasteiger partial charge is 0.462 e. The Labute approximate surface area is 298 Å². The summed E-state index contributed by atoms with van der Waals surface area (Å²) in [5, 5.41) is 0. The summed E-state index contributed by atoms with van der Waals surface area (Å²) in [5.41, 5.74) is 0. The second-order valence-electron chi connectivity index (χ2n) is 13.9. The van der Waals surface area contributed by atoms with Gasteiger partial charge in [0.15, 0.2) is 6.10 Å². The smallest absolute Gasteiger partial charge is 0.306 e. The van der Waals surface area contributed by atoms with Crippen molar-refractivity contribution in [1.82, 2.24) is 0 Å². The molecule has 48 heavy (non-hydrogen) atoms. The molecule has 1 unspecified atom stereocenters. The third-order valence-electron chi connectivity index (χ3n) is 8.96. The minimum Gasteiger partial charge on any atom is -0.462 e. The van der Waals surface area contributed by atoms with Gasteiger partial charge in [-0.25, -0.2) is 0 Å². The van der Waals surface area contributed by atoms with Crippen molar-refractivity contribution in [3.63, 3.8) is 0 Å². The standard InChI is InChI=1S/C43H80O5/c1-4-7-10-13-16-18-20-22-24-26-28-30-33-36-42(44)47-40-41(39-46-38-35-32-15-12-9-6-3)48-43(45)37-34-31-29-27-25-23-21-19-17-14-11-8-5-2/h18-21,41H,4-17,22-40H2,1-3H3/b20-18-,21-19-. The number of esters is 2. The normalized spacial score (nSPS) is 12.3. The van der Waals surface area contributed by atoms with Crippen molar-refractivity contribution in [1.29, 1.82) is 0 Å². The molecule has 5 heteroatoms. The number of carbonyl (C=O) groups is 2. The Hall–Kier alpha value is -1.62. The van der Waals surface area contributed by atoms with Gasteiger partial charge in [-0.3, -0.25) is 9.59 Å². The van der Waals surface area contributed by atoms with E-state index in [1.165, 1.54) is 116 Å². The zero-order valence-corrected chi connectivity index (χ0v) is 32.3. The lowest BCUT2D eigenvalue weighted by molar-refractivity contribution is -0.163. The maximum absolute atomic E-state index is 12.6. The molecule has 0 aliphatic carbocycles. The fourth-order valence-corrected chi connectivity index (χ4v) is 5.79. The predicted octanol–water partition coefficient (Wildman–Crippen LogP) is 13.3. The summed E-state index contributed by atoms with van der Waals surface area (Å²) in [5.74, 6) is -0.416. The second-order valence-corrected chi connectivity index (χ2v) is 13.9. The van der Waals surface area contributed by atoms with Crippen molar-refractivity contribution < 1.29 is 23.8 Å². The Bertz CT molecular complexity index is 731. The highest BCUT2D eigenvalue weighted by molar-refractivity contribution is 5.70. The highest BCUT2D eigenvalue weighted by Crippen LogP contribution is 2.13. The molecular weight excluding hydrogens is 596 g/mol. The average molecular weight is 677 g/mol. The molecule has 0 rings (SSSR count). The molecule has 0 aliphatic rings. The molecule has 282 valence electrons. The summed E-state index contributed by atoms with van der Waals surface area (Å²) in [7, 11) is 0. The van der Waals surface area contributed by atoms with Crippen molar-refractivity contribution >= 4 is 11.9 Å². The Morgan fingerprint density at radius 3 is 1.29 bits per heavy atom. The van der Waals surface area contributed by atoms with Gasteiger partial charge in [-0.05, 0) is 70.6 Å². The molecule has 0 aromatic carbocycles. The van der Waals surface area contributed by atoms with E-state index in [4.69, 9.17) is 14.2 Å². The number of ether oxygens (including phenoxy) is 3. The summed E-state index contributed by atoms with van der Waals surface area (Å²) in [6.07, 6.45) is 43.2. The quantitative estimate of drug-likeness (QED) is 0.0370. The van der Waals surface area contributed by atoms with E-state index in [-0.39, 0.29) is 25.2 Å². The molecule has 0 amide bonds. The summed E-state index contributed by atoms with van der Waals surface area (Å²) in [4.78, 5) is 25.0. The molecule has 0 N–H and O–H groups in total. The van der Waals surface area contributed by atoms with Crippen LogP contribution in [0.15, 0.2) is 24.3 Å². The van der Waals surface area contributed by atoms with Gasteiger partial charge in [-0.15, -0.1) is 0 Å². The Morgan fingerprint density at radius 2 is 0.812 bits per heavy atom. The monoisotopic (exact) mass is 677 g/mol. The topological polar surface area (TPSA) is 61.8 Å². The molecule has 1 atom stereocenters. The van der Waals surface area contributed by atoms with E-state index in [0.717, 1.165) is 64.2 Å². The van der Waals surface area contributed by atoms with Crippen LogP contribution < -0.4 is 0 Å². The third kappa shape index (κ3) is 37.2. The molecule has 0 saturated carbocycles. The third-order valence-corrected chi connectivity index (χ3v) is 8.96. The first-order chi connectivity index (χ1) is 23.6. The minimum atomic E-state index is -0.532. The highest BCUT2D eigenvalue weighted by atomic mass is 16.6. The number of hydrogen-bond acceptors (Lipinski definition) is 5. The van der Waals surface area contributed by atoms with Gasteiger partial charge in [-0.1, -0.05) is 154 Å². The molecule has 0 heterocycles. The number of unbranched alkanes of at least 4 members (excludes halogenated alkanes) is 23. The first kappa shape index (κ1) is 46.4. The van der Waals surface area contributed by atoms with Crippen LogP contribution in [-0.4, -0.2) is 37.9 Å². The van der Waals surface area contributed by atoms with Crippen molar-refractivity contribution in [3.05, 3.63) is 24.3 Å². The van der Waals surface area contributed by atoms with Crippen LogP contribution in [0.1, 0.15) is 213 Å². The zero-order valence-electron chi connectivity index (χ0n) is 32.3. The van der Waals surface area contributed by atoms with E-state index in [2.05, 4.69) is 45.1 Å². The van der Waals surface area contributed by atoms with E-state index in [9.17, 15) is 9.59 Å². The fraction of sp³-hybridized carbons (Fsp3) is 0.860. The lowest BCUT2D eigenvalue weighted by Crippen LogP contribution is -2.30. The van der Waals surface area contributed by atoms with Gasteiger partial charge >= 0.3 is 11.9 Å². The highest BCUT2D eigenvalue weighted by Gasteiger charge is 2.17. The van der Waals surface area contributed by atoms with E-state index >= 15 is 0 Å². The van der Waals surface area contributed by atoms with Crippen molar-refractivity contribution in [2.24, 2.45) is 0 Å². The van der Waals surface area contributed by atoms with Crippen LogP contribution in [0.3, 0.4) is 0 Å². The molecular formula is C43H80O5. The summed E-state index contributed by atoms with van der Waals surface area (Å²) >= 11 is 0. The Kier molecular flexibility index (Phi) is 38.5. The minimum absolute atomic E-state index is 0.0813. The van der Waals surface area contributed by atoms with Crippen LogP contribution in [-0.2, 0) is 23.8 Å². The van der Waals surface area contributed by atoms with E-state index in [0.29, 0.717) is 19.4 Å². The van der Waals surface area contributed by atoms with Crippen LogP contribution in [0.25, 0.3) is 0 Å². The Morgan fingerprint density at radius 1 is 0.438 bits per heavy atom. The number of allylic oxidation sites excluding steroid dienone is 4. The maximum Gasteiger partial charge on any atom is 0.306 e. The van der Waals surface area contributed by atoms with E-state index < -0.39 is 6.10 Å². The number of hydrogen-bond donors (Lipinski definition) is 0. The molecule has 0 saturated heterocycles. The SMILES string of the molecule is CCCCCC/C=C\CCCCCCCC(=O)OCC(COCCCCCCCC)OC(=O)CCCCCCC/C=C\CCCCCC. The van der Waals surface area contributed by atoms with Crippen LogP contribution in [0, 0.1) is 0 Å². The fourth-order valence-electron chi connectivity index (χ4n) is 5.79.